The molecule has 0 fully saturated rings. The third-order valence-corrected chi connectivity index (χ3v) is 6.55. The van der Waals surface area contributed by atoms with E-state index in [9.17, 15) is 14.4 Å². The molecular formula is C26H32N6O4S. The third-order valence-electron chi connectivity index (χ3n) is 5.70. The number of amides is 3. The summed E-state index contributed by atoms with van der Waals surface area (Å²) in [6.07, 6.45) is 0. The molecule has 0 aliphatic rings. The molecule has 10 nitrogen and oxygen atoms in total. The molecule has 2 aromatic carbocycles. The number of nitrogen functional groups attached to an aromatic ring is 1. The van der Waals surface area contributed by atoms with Crippen molar-refractivity contribution in [3.05, 3.63) is 69.7 Å². The Kier molecular flexibility index (Phi) is 8.85. The van der Waals surface area contributed by atoms with Gasteiger partial charge in [0.05, 0.1) is 12.3 Å². The number of benzene rings is 2. The SMILES string of the molecule is COCCNC(=O)[C@H](c1ccc(N(C)C)cc1)N(C(=O)c1snc(C(N)=O)c1N)c1cc(C)cc(C)c1. The monoisotopic (exact) mass is 524 g/mol. The zero-order valence-electron chi connectivity index (χ0n) is 21.6. The maximum Gasteiger partial charge on any atom is 0.273 e. The van der Waals surface area contributed by atoms with Crippen LogP contribution in [0.25, 0.3) is 0 Å². The molecule has 11 heteroatoms. The van der Waals surface area contributed by atoms with Crippen LogP contribution >= 0.6 is 11.5 Å². The molecule has 1 heterocycles. The summed E-state index contributed by atoms with van der Waals surface area (Å²) in [5.41, 5.74) is 15.1. The summed E-state index contributed by atoms with van der Waals surface area (Å²) in [4.78, 5) is 42.9. The number of hydrogen-bond donors (Lipinski definition) is 3. The summed E-state index contributed by atoms with van der Waals surface area (Å²) in [5, 5.41) is 2.86. The van der Waals surface area contributed by atoms with Gasteiger partial charge in [-0.15, -0.1) is 0 Å². The highest BCUT2D eigenvalue weighted by atomic mass is 32.1. The fourth-order valence-corrected chi connectivity index (χ4v) is 4.70. The molecule has 0 radical (unpaired) electrons. The Morgan fingerprint density at radius 3 is 2.19 bits per heavy atom. The summed E-state index contributed by atoms with van der Waals surface area (Å²) in [7, 11) is 5.37. The van der Waals surface area contributed by atoms with Crippen LogP contribution in [0.15, 0.2) is 42.5 Å². The highest BCUT2D eigenvalue weighted by Gasteiger charge is 2.36. The molecule has 5 N–H and O–H groups in total. The average molecular weight is 525 g/mol. The molecule has 0 aliphatic carbocycles. The van der Waals surface area contributed by atoms with E-state index >= 15 is 0 Å². The van der Waals surface area contributed by atoms with Crippen molar-refractivity contribution in [2.75, 3.05) is 49.9 Å². The van der Waals surface area contributed by atoms with Gasteiger partial charge >= 0.3 is 0 Å². The van der Waals surface area contributed by atoms with Crippen LogP contribution in [0.5, 0.6) is 0 Å². The minimum absolute atomic E-state index is 0.0209. The van der Waals surface area contributed by atoms with Gasteiger partial charge in [0.15, 0.2) is 5.69 Å². The number of nitrogens with zero attached hydrogens (tertiary/aromatic N) is 3. The lowest BCUT2D eigenvalue weighted by atomic mass is 10.0. The second-order valence-electron chi connectivity index (χ2n) is 8.83. The van der Waals surface area contributed by atoms with Crippen LogP contribution in [0.2, 0.25) is 0 Å². The number of nitrogens with one attached hydrogen (secondary N) is 1. The predicted molar refractivity (Wildman–Crippen MR) is 146 cm³/mol. The summed E-state index contributed by atoms with van der Waals surface area (Å²) < 4.78 is 9.07. The van der Waals surface area contributed by atoms with Gasteiger partial charge in [-0.3, -0.25) is 19.3 Å². The highest BCUT2D eigenvalue weighted by Crippen LogP contribution is 2.34. The van der Waals surface area contributed by atoms with E-state index in [1.165, 1.54) is 12.0 Å². The van der Waals surface area contributed by atoms with Crippen LogP contribution in [-0.2, 0) is 9.53 Å². The number of hydrogen-bond acceptors (Lipinski definition) is 8. The van der Waals surface area contributed by atoms with E-state index in [0.29, 0.717) is 17.9 Å². The maximum atomic E-state index is 14.1. The maximum absolute atomic E-state index is 14.1. The molecule has 3 rings (SSSR count). The zero-order valence-corrected chi connectivity index (χ0v) is 22.4. The first-order chi connectivity index (χ1) is 17.5. The standard InChI is InChI=1S/C26H32N6O4S/c1-15-12-16(2)14-19(13-15)32(26(35)23-20(27)21(24(28)33)30-37-23)22(25(34)29-10-11-36-5)17-6-8-18(9-7-17)31(3)4/h6-9,12-14,22H,10-11,27H2,1-5H3,(H2,28,33)(H,29,34)/t22-/m0/s1. The molecule has 0 saturated carbocycles. The Morgan fingerprint density at radius 2 is 1.68 bits per heavy atom. The Balaban J connectivity index is 2.22. The van der Waals surface area contributed by atoms with Crippen LogP contribution in [0.3, 0.4) is 0 Å². The molecule has 0 aliphatic heterocycles. The Labute approximate surface area is 220 Å². The number of nitrogens with two attached hydrogens (primary N) is 2. The summed E-state index contributed by atoms with van der Waals surface area (Å²) >= 11 is 0.771. The second-order valence-corrected chi connectivity index (χ2v) is 9.61. The lowest BCUT2D eigenvalue weighted by Crippen LogP contribution is -2.44. The van der Waals surface area contributed by atoms with E-state index in [1.54, 1.807) is 0 Å². The lowest BCUT2D eigenvalue weighted by molar-refractivity contribution is -0.122. The van der Waals surface area contributed by atoms with Gasteiger partial charge in [-0.25, -0.2) is 0 Å². The Bertz CT molecular complexity index is 1270. The molecule has 0 unspecified atom stereocenters. The minimum Gasteiger partial charge on any atom is -0.395 e. The number of anilines is 3. The molecule has 0 bridgehead atoms. The number of methoxy groups -OCH3 is 1. The van der Waals surface area contributed by atoms with Crippen molar-refractivity contribution in [3.63, 3.8) is 0 Å². The smallest absolute Gasteiger partial charge is 0.273 e. The minimum atomic E-state index is -1.06. The lowest BCUT2D eigenvalue weighted by Gasteiger charge is -2.32. The fraction of sp³-hybridized carbons (Fsp3) is 0.308. The third kappa shape index (κ3) is 6.25. The van der Waals surface area contributed by atoms with Crippen molar-refractivity contribution in [2.45, 2.75) is 19.9 Å². The van der Waals surface area contributed by atoms with Gasteiger partial charge in [0.25, 0.3) is 11.8 Å². The molecule has 0 saturated heterocycles. The summed E-state index contributed by atoms with van der Waals surface area (Å²) in [6, 6.07) is 11.9. The number of aryl methyl sites for hydroxylation is 2. The van der Waals surface area contributed by atoms with Crippen molar-refractivity contribution >= 4 is 46.3 Å². The predicted octanol–water partition coefficient (Wildman–Crippen LogP) is 2.66. The van der Waals surface area contributed by atoms with Gasteiger partial charge in [0.1, 0.15) is 10.9 Å². The van der Waals surface area contributed by atoms with Crippen LogP contribution < -0.4 is 26.6 Å². The molecule has 0 spiro atoms. The molecular weight excluding hydrogens is 492 g/mol. The number of carbonyl (C=O) groups excluding carboxylic acids is 3. The van der Waals surface area contributed by atoms with Gasteiger partial charge in [0, 0.05) is 39.1 Å². The second kappa shape index (κ2) is 11.8. The van der Waals surface area contributed by atoms with Crippen LogP contribution in [0.1, 0.15) is 42.9 Å². The van der Waals surface area contributed by atoms with Crippen molar-refractivity contribution in [2.24, 2.45) is 5.73 Å². The summed E-state index contributed by atoms with van der Waals surface area (Å²) in [6.45, 7) is 4.38. The van der Waals surface area contributed by atoms with E-state index < -0.39 is 23.8 Å². The topological polar surface area (TPSA) is 144 Å². The van der Waals surface area contributed by atoms with Crippen molar-refractivity contribution in [1.29, 1.82) is 0 Å². The fourth-order valence-electron chi connectivity index (χ4n) is 3.96. The first-order valence-corrected chi connectivity index (χ1v) is 12.3. The van der Waals surface area contributed by atoms with E-state index in [-0.39, 0.29) is 22.8 Å². The van der Waals surface area contributed by atoms with Gasteiger partial charge < -0.3 is 26.4 Å². The normalized spacial score (nSPS) is 11.6. The Hall–Kier alpha value is -3.96. The first kappa shape index (κ1) is 27.6. The largest absolute Gasteiger partial charge is 0.395 e. The Morgan fingerprint density at radius 1 is 1.05 bits per heavy atom. The molecule has 37 heavy (non-hydrogen) atoms. The summed E-state index contributed by atoms with van der Waals surface area (Å²) in [5.74, 6) is -1.81. The number of carbonyl (C=O) groups is 3. The van der Waals surface area contributed by atoms with Crippen LogP contribution in [-0.4, -0.2) is 56.5 Å². The molecule has 3 aromatic rings. The number of rotatable bonds is 10. The average Bonchev–Trinajstić information content (AvgIpc) is 3.23. The van der Waals surface area contributed by atoms with E-state index in [2.05, 4.69) is 9.69 Å². The van der Waals surface area contributed by atoms with E-state index in [0.717, 1.165) is 28.3 Å². The first-order valence-electron chi connectivity index (χ1n) is 11.6. The highest BCUT2D eigenvalue weighted by molar-refractivity contribution is 7.09. The number of primary amides is 1. The van der Waals surface area contributed by atoms with Gasteiger partial charge in [-0.2, -0.15) is 4.37 Å². The van der Waals surface area contributed by atoms with E-state index in [4.69, 9.17) is 16.2 Å². The van der Waals surface area contributed by atoms with Crippen molar-refractivity contribution in [1.82, 2.24) is 9.69 Å². The molecule has 3 amide bonds. The van der Waals surface area contributed by atoms with Crippen LogP contribution in [0.4, 0.5) is 17.1 Å². The van der Waals surface area contributed by atoms with E-state index in [1.807, 2.05) is 75.3 Å². The quantitative estimate of drug-likeness (QED) is 0.346. The van der Waals surface area contributed by atoms with Crippen molar-refractivity contribution < 1.29 is 19.1 Å². The van der Waals surface area contributed by atoms with Gasteiger partial charge in [-0.1, -0.05) is 18.2 Å². The molecule has 1 atom stereocenters. The van der Waals surface area contributed by atoms with Crippen LogP contribution in [0, 0.1) is 13.8 Å². The molecule has 196 valence electrons. The number of ether oxygens (including phenoxy) is 1. The van der Waals surface area contributed by atoms with Crippen molar-refractivity contribution in [3.8, 4) is 0 Å². The zero-order chi connectivity index (χ0) is 27.3. The molecule has 1 aromatic heterocycles. The number of aromatic nitrogens is 1. The van der Waals surface area contributed by atoms with Gasteiger partial charge in [-0.05, 0) is 66.3 Å². The van der Waals surface area contributed by atoms with Gasteiger partial charge in [0.2, 0.25) is 5.91 Å².